The van der Waals surface area contributed by atoms with Crippen molar-refractivity contribution in [3.63, 3.8) is 0 Å². The van der Waals surface area contributed by atoms with Crippen molar-refractivity contribution in [3.05, 3.63) is 66.0 Å². The van der Waals surface area contributed by atoms with Crippen molar-refractivity contribution in [2.24, 2.45) is 0 Å². The van der Waals surface area contributed by atoms with Gasteiger partial charge in [0.2, 0.25) is 0 Å². The molecule has 0 aromatic heterocycles. The highest BCUT2D eigenvalue weighted by Crippen LogP contribution is 2.27. The van der Waals surface area contributed by atoms with Gasteiger partial charge < -0.3 is 15.0 Å². The van der Waals surface area contributed by atoms with Gasteiger partial charge in [-0.15, -0.1) is 0 Å². The van der Waals surface area contributed by atoms with Crippen LogP contribution in [-0.2, 0) is 14.3 Å². The van der Waals surface area contributed by atoms with Gasteiger partial charge in [0.25, 0.3) is 11.8 Å². The van der Waals surface area contributed by atoms with E-state index in [0.29, 0.717) is 0 Å². The predicted molar refractivity (Wildman–Crippen MR) is 110 cm³/mol. The number of nitrogens with one attached hydrogen (secondary N) is 1. The highest BCUT2D eigenvalue weighted by molar-refractivity contribution is 5.97. The molecule has 2 amide bonds. The van der Waals surface area contributed by atoms with Crippen LogP contribution in [0.1, 0.15) is 42.5 Å². The molecule has 1 fully saturated rings. The molecule has 1 aliphatic carbocycles. The van der Waals surface area contributed by atoms with Crippen LogP contribution in [0.5, 0.6) is 0 Å². The summed E-state index contributed by atoms with van der Waals surface area (Å²) in [6, 6.07) is 14.9. The zero-order chi connectivity index (χ0) is 21.3. The lowest BCUT2D eigenvalue weighted by Gasteiger charge is -2.34. The summed E-state index contributed by atoms with van der Waals surface area (Å²) in [5.74, 6) is -2.46. The number of rotatable bonds is 7. The van der Waals surface area contributed by atoms with E-state index in [1.807, 2.05) is 30.3 Å². The van der Waals surface area contributed by atoms with E-state index in [2.05, 4.69) is 5.32 Å². The van der Waals surface area contributed by atoms with Gasteiger partial charge in [0.15, 0.2) is 6.61 Å². The lowest BCUT2D eigenvalue weighted by Crippen LogP contribution is -2.44. The Balaban J connectivity index is 1.55. The first-order valence-electron chi connectivity index (χ1n) is 10.1. The van der Waals surface area contributed by atoms with Gasteiger partial charge in [-0.25, -0.2) is 4.39 Å². The van der Waals surface area contributed by atoms with Crippen LogP contribution in [0.25, 0.3) is 0 Å². The van der Waals surface area contributed by atoms with E-state index < -0.39 is 30.8 Å². The maximum atomic E-state index is 13.6. The smallest absolute Gasteiger partial charge is 0.325 e. The third-order valence-corrected chi connectivity index (χ3v) is 5.11. The van der Waals surface area contributed by atoms with Crippen LogP contribution in [0.2, 0.25) is 0 Å². The van der Waals surface area contributed by atoms with Gasteiger partial charge in [-0.1, -0.05) is 49.6 Å². The number of hydrogen-bond acceptors (Lipinski definition) is 4. The first-order valence-corrected chi connectivity index (χ1v) is 10.1. The van der Waals surface area contributed by atoms with E-state index in [4.69, 9.17) is 4.74 Å². The molecule has 0 radical (unpaired) electrons. The number of carbonyl (C=O) groups is 3. The molecule has 0 unspecified atom stereocenters. The van der Waals surface area contributed by atoms with E-state index in [1.54, 1.807) is 4.90 Å². The number of hydrogen-bond donors (Lipinski definition) is 1. The number of ether oxygens (including phenoxy) is 1. The van der Waals surface area contributed by atoms with Gasteiger partial charge in [0.1, 0.15) is 12.4 Å². The largest absolute Gasteiger partial charge is 0.454 e. The van der Waals surface area contributed by atoms with Gasteiger partial charge in [-0.3, -0.25) is 14.4 Å². The first kappa shape index (κ1) is 21.5. The minimum absolute atomic E-state index is 0.0770. The van der Waals surface area contributed by atoms with Crippen LogP contribution in [-0.4, -0.2) is 37.0 Å². The van der Waals surface area contributed by atoms with Crippen LogP contribution in [0.15, 0.2) is 54.6 Å². The number of halogens is 1. The second-order valence-electron chi connectivity index (χ2n) is 7.21. The molecule has 0 bridgehead atoms. The molecule has 0 saturated heterocycles. The molecule has 0 heterocycles. The summed E-state index contributed by atoms with van der Waals surface area (Å²) in [7, 11) is 0. The Morgan fingerprint density at radius 1 is 0.967 bits per heavy atom. The molecular weight excluding hydrogens is 387 g/mol. The van der Waals surface area contributed by atoms with E-state index in [-0.39, 0.29) is 17.5 Å². The standard InChI is InChI=1S/C23H25FN2O4/c24-20-14-8-7-13-19(20)23(29)25-15-22(28)30-16-21(27)26(17-9-3-1-4-10-17)18-11-5-2-6-12-18/h1,3-4,7-10,13-14,18H,2,5-6,11-12,15-16H2,(H,25,29). The molecule has 0 spiro atoms. The number of nitrogens with zero attached hydrogens (tertiary/aromatic N) is 1. The molecule has 1 aliphatic rings. The number of esters is 1. The van der Waals surface area contributed by atoms with Gasteiger partial charge in [-0.05, 0) is 37.1 Å². The van der Waals surface area contributed by atoms with Crippen molar-refractivity contribution in [1.82, 2.24) is 5.32 Å². The third-order valence-electron chi connectivity index (χ3n) is 5.11. The van der Waals surface area contributed by atoms with E-state index >= 15 is 0 Å². The van der Waals surface area contributed by atoms with Crippen LogP contribution >= 0.6 is 0 Å². The molecule has 2 aromatic rings. The van der Waals surface area contributed by atoms with Gasteiger partial charge >= 0.3 is 5.97 Å². The van der Waals surface area contributed by atoms with Crippen LogP contribution < -0.4 is 10.2 Å². The number of carbonyl (C=O) groups excluding carboxylic acids is 3. The average Bonchev–Trinajstić information content (AvgIpc) is 2.78. The topological polar surface area (TPSA) is 75.7 Å². The quantitative estimate of drug-likeness (QED) is 0.707. The van der Waals surface area contributed by atoms with Crippen LogP contribution in [0, 0.1) is 5.82 Å². The molecule has 7 heteroatoms. The van der Waals surface area contributed by atoms with E-state index in [9.17, 15) is 18.8 Å². The maximum Gasteiger partial charge on any atom is 0.325 e. The normalized spacial score (nSPS) is 14.0. The second kappa shape index (κ2) is 10.5. The molecule has 1 N–H and O–H groups in total. The van der Waals surface area contributed by atoms with E-state index in [1.165, 1.54) is 18.2 Å². The lowest BCUT2D eigenvalue weighted by molar-refractivity contribution is -0.146. The Labute approximate surface area is 175 Å². The molecular formula is C23H25FN2O4. The van der Waals surface area contributed by atoms with Crippen LogP contribution in [0.4, 0.5) is 10.1 Å². The number of amides is 2. The highest BCUT2D eigenvalue weighted by Gasteiger charge is 2.27. The molecule has 2 aromatic carbocycles. The number of para-hydroxylation sites is 1. The Hall–Kier alpha value is -3.22. The summed E-state index contributed by atoms with van der Waals surface area (Å²) in [6.07, 6.45) is 5.09. The Morgan fingerprint density at radius 3 is 2.33 bits per heavy atom. The molecule has 158 valence electrons. The Kier molecular flexibility index (Phi) is 7.54. The molecule has 6 nitrogen and oxygen atoms in total. The minimum atomic E-state index is -0.760. The fourth-order valence-electron chi connectivity index (χ4n) is 3.64. The third kappa shape index (κ3) is 5.65. The minimum Gasteiger partial charge on any atom is -0.454 e. The summed E-state index contributed by atoms with van der Waals surface area (Å²) in [5.41, 5.74) is 0.618. The second-order valence-corrected chi connectivity index (χ2v) is 7.21. The summed E-state index contributed by atoms with van der Waals surface area (Å²) < 4.78 is 18.7. The van der Waals surface area contributed by atoms with Crippen molar-refractivity contribution < 1.29 is 23.5 Å². The predicted octanol–water partition coefficient (Wildman–Crippen LogP) is 3.46. The number of anilines is 1. The lowest BCUT2D eigenvalue weighted by atomic mass is 9.93. The molecule has 3 rings (SSSR count). The van der Waals surface area contributed by atoms with Crippen molar-refractivity contribution in [3.8, 4) is 0 Å². The molecule has 30 heavy (non-hydrogen) atoms. The SMILES string of the molecule is O=C(CNC(=O)c1ccccc1F)OCC(=O)N(c1ccccc1)C1CCCCC1. The monoisotopic (exact) mass is 412 g/mol. The first-order chi connectivity index (χ1) is 14.6. The summed E-state index contributed by atoms with van der Waals surface area (Å²) >= 11 is 0. The fraction of sp³-hybridized carbons (Fsp3) is 0.348. The highest BCUT2D eigenvalue weighted by atomic mass is 19.1. The van der Waals surface area contributed by atoms with Gasteiger partial charge in [0.05, 0.1) is 5.56 Å². The summed E-state index contributed by atoms with van der Waals surface area (Å²) in [5, 5.41) is 2.31. The van der Waals surface area contributed by atoms with Crippen molar-refractivity contribution >= 4 is 23.5 Å². The number of benzene rings is 2. The molecule has 1 saturated carbocycles. The summed E-state index contributed by atoms with van der Waals surface area (Å²) in [6.45, 7) is -0.866. The summed E-state index contributed by atoms with van der Waals surface area (Å²) in [4.78, 5) is 38.6. The van der Waals surface area contributed by atoms with Crippen molar-refractivity contribution in [2.45, 2.75) is 38.1 Å². The fourth-order valence-corrected chi connectivity index (χ4v) is 3.64. The Bertz CT molecular complexity index is 882. The zero-order valence-electron chi connectivity index (χ0n) is 16.7. The van der Waals surface area contributed by atoms with Crippen LogP contribution in [0.3, 0.4) is 0 Å². The average molecular weight is 412 g/mol. The van der Waals surface area contributed by atoms with Gasteiger partial charge in [0, 0.05) is 11.7 Å². The Morgan fingerprint density at radius 2 is 1.63 bits per heavy atom. The molecule has 0 atom stereocenters. The van der Waals surface area contributed by atoms with Crippen molar-refractivity contribution in [1.29, 1.82) is 0 Å². The maximum absolute atomic E-state index is 13.6. The molecule has 0 aliphatic heterocycles. The van der Waals surface area contributed by atoms with Crippen molar-refractivity contribution in [2.75, 3.05) is 18.1 Å². The van der Waals surface area contributed by atoms with Gasteiger partial charge in [-0.2, -0.15) is 0 Å². The zero-order valence-corrected chi connectivity index (χ0v) is 16.7. The van der Waals surface area contributed by atoms with E-state index in [0.717, 1.165) is 43.9 Å².